The van der Waals surface area contributed by atoms with E-state index in [-0.39, 0.29) is 30.2 Å². The van der Waals surface area contributed by atoms with Crippen molar-refractivity contribution in [1.29, 1.82) is 0 Å². The van der Waals surface area contributed by atoms with Crippen molar-refractivity contribution in [1.82, 2.24) is 14.8 Å². The monoisotopic (exact) mass is 459 g/mol. The van der Waals surface area contributed by atoms with Gasteiger partial charge in [-0.15, -0.1) is 0 Å². The number of alkyl halides is 3. The number of carbonyl (C=O) groups excluding carboxylic acids is 2. The number of aromatic nitrogens is 3. The van der Waals surface area contributed by atoms with E-state index in [1.54, 1.807) is 24.3 Å². The Morgan fingerprint density at radius 2 is 2.00 bits per heavy atom. The Morgan fingerprint density at radius 3 is 2.70 bits per heavy atom. The zero-order chi connectivity index (χ0) is 23.6. The van der Waals surface area contributed by atoms with Gasteiger partial charge in [0.1, 0.15) is 18.4 Å². The van der Waals surface area contributed by atoms with Crippen LogP contribution in [0.15, 0.2) is 55.1 Å². The van der Waals surface area contributed by atoms with E-state index >= 15 is 0 Å². The van der Waals surface area contributed by atoms with Crippen LogP contribution in [0.2, 0.25) is 0 Å². The number of rotatable bonds is 6. The summed E-state index contributed by atoms with van der Waals surface area (Å²) in [6.07, 6.45) is -2.14. The fraction of sp³-hybridized carbons (Fsp3) is 0.273. The summed E-state index contributed by atoms with van der Waals surface area (Å²) < 4.78 is 46.6. The Kier molecular flexibility index (Phi) is 6.03. The first-order chi connectivity index (χ1) is 15.8. The number of ether oxygens (including phenoxy) is 1. The molecule has 2 heterocycles. The molecule has 1 N–H and O–H groups in total. The molecule has 8 nitrogen and oxygen atoms in total. The second-order valence-electron chi connectivity index (χ2n) is 7.37. The lowest BCUT2D eigenvalue weighted by Crippen LogP contribution is -2.28. The van der Waals surface area contributed by atoms with Crippen molar-refractivity contribution in [2.24, 2.45) is 5.92 Å². The van der Waals surface area contributed by atoms with E-state index in [0.717, 1.165) is 12.1 Å². The SMILES string of the molecule is CCOc1ccccc1N1CC(C(=O)Nc2cc(C(F)(F)F)ccc2-n2cncn2)CC1=O. The van der Waals surface area contributed by atoms with Crippen molar-refractivity contribution in [2.45, 2.75) is 19.5 Å². The third-order valence-electron chi connectivity index (χ3n) is 5.20. The number of hydrogen-bond donors (Lipinski definition) is 1. The van der Waals surface area contributed by atoms with Crippen LogP contribution in [0.3, 0.4) is 0 Å². The Morgan fingerprint density at radius 1 is 1.21 bits per heavy atom. The molecule has 1 atom stereocenters. The van der Waals surface area contributed by atoms with Crippen molar-refractivity contribution >= 4 is 23.2 Å². The quantitative estimate of drug-likeness (QED) is 0.608. The molecule has 2 aromatic carbocycles. The molecule has 1 unspecified atom stereocenters. The first-order valence-corrected chi connectivity index (χ1v) is 10.2. The molecule has 1 aliphatic rings. The van der Waals surface area contributed by atoms with Gasteiger partial charge in [-0.2, -0.15) is 18.3 Å². The standard InChI is InChI=1S/C22H20F3N5O3/c1-2-33-19-6-4-3-5-18(19)29-11-14(9-20(29)31)21(32)28-16-10-15(22(23,24)25)7-8-17(16)30-13-26-12-27-30/h3-8,10,12-14H,2,9,11H2,1H3,(H,28,32). The van der Waals surface area contributed by atoms with Crippen LogP contribution in [0.1, 0.15) is 18.9 Å². The van der Waals surface area contributed by atoms with Gasteiger partial charge in [0.2, 0.25) is 11.8 Å². The van der Waals surface area contributed by atoms with Gasteiger partial charge in [-0.1, -0.05) is 12.1 Å². The molecule has 1 saturated heterocycles. The van der Waals surface area contributed by atoms with Gasteiger partial charge in [-0.25, -0.2) is 9.67 Å². The summed E-state index contributed by atoms with van der Waals surface area (Å²) in [4.78, 5) is 30.9. The topological polar surface area (TPSA) is 89.3 Å². The average molecular weight is 459 g/mol. The van der Waals surface area contributed by atoms with Crippen molar-refractivity contribution in [3.05, 3.63) is 60.7 Å². The maximum absolute atomic E-state index is 13.3. The zero-order valence-electron chi connectivity index (χ0n) is 17.5. The van der Waals surface area contributed by atoms with Crippen LogP contribution in [0, 0.1) is 5.92 Å². The molecular weight excluding hydrogens is 439 g/mol. The molecule has 0 aliphatic carbocycles. The zero-order valence-corrected chi connectivity index (χ0v) is 17.5. The summed E-state index contributed by atoms with van der Waals surface area (Å²) in [6, 6.07) is 9.93. The van der Waals surface area contributed by atoms with Crippen LogP contribution in [0.5, 0.6) is 5.75 Å². The summed E-state index contributed by atoms with van der Waals surface area (Å²) in [6.45, 7) is 2.30. The Labute approximate surface area is 187 Å². The summed E-state index contributed by atoms with van der Waals surface area (Å²) in [5.41, 5.74) is -0.240. The van der Waals surface area contributed by atoms with E-state index < -0.39 is 23.6 Å². The Bertz CT molecular complexity index is 1160. The van der Waals surface area contributed by atoms with Crippen LogP contribution >= 0.6 is 0 Å². The lowest BCUT2D eigenvalue weighted by Gasteiger charge is -2.20. The smallest absolute Gasteiger partial charge is 0.416 e. The number of amides is 2. The highest BCUT2D eigenvalue weighted by Gasteiger charge is 2.37. The predicted molar refractivity (Wildman–Crippen MR) is 113 cm³/mol. The van der Waals surface area contributed by atoms with E-state index in [1.807, 2.05) is 6.92 Å². The second-order valence-corrected chi connectivity index (χ2v) is 7.37. The number of nitrogens with zero attached hydrogens (tertiary/aromatic N) is 4. The molecule has 1 aromatic heterocycles. The lowest BCUT2D eigenvalue weighted by atomic mass is 10.1. The van der Waals surface area contributed by atoms with Crippen LogP contribution in [-0.4, -0.2) is 39.7 Å². The molecular formula is C22H20F3N5O3. The van der Waals surface area contributed by atoms with E-state index in [1.165, 1.54) is 28.3 Å². The van der Waals surface area contributed by atoms with Crippen LogP contribution < -0.4 is 15.0 Å². The summed E-state index contributed by atoms with van der Waals surface area (Å²) >= 11 is 0. The molecule has 3 aromatic rings. The highest BCUT2D eigenvalue weighted by atomic mass is 19.4. The minimum Gasteiger partial charge on any atom is -0.492 e. The van der Waals surface area contributed by atoms with Gasteiger partial charge < -0.3 is 15.0 Å². The molecule has 1 aliphatic heterocycles. The average Bonchev–Trinajstić information content (AvgIpc) is 3.44. The number of benzene rings is 2. The Hall–Kier alpha value is -3.89. The number of anilines is 2. The van der Waals surface area contributed by atoms with Crippen LogP contribution in [0.25, 0.3) is 5.69 Å². The van der Waals surface area contributed by atoms with Gasteiger partial charge in [-0.3, -0.25) is 9.59 Å². The molecule has 4 rings (SSSR count). The maximum atomic E-state index is 13.3. The van der Waals surface area contributed by atoms with Crippen molar-refractivity contribution in [2.75, 3.05) is 23.4 Å². The number of para-hydroxylation sites is 2. The molecule has 0 spiro atoms. The van der Waals surface area contributed by atoms with Gasteiger partial charge in [0.15, 0.2) is 0 Å². The van der Waals surface area contributed by atoms with E-state index in [2.05, 4.69) is 15.4 Å². The molecule has 33 heavy (non-hydrogen) atoms. The molecule has 0 bridgehead atoms. The molecule has 0 radical (unpaired) electrons. The fourth-order valence-corrected chi connectivity index (χ4v) is 3.65. The van der Waals surface area contributed by atoms with Crippen LogP contribution in [-0.2, 0) is 15.8 Å². The summed E-state index contributed by atoms with van der Waals surface area (Å²) in [7, 11) is 0. The van der Waals surface area contributed by atoms with Gasteiger partial charge in [-0.05, 0) is 37.3 Å². The van der Waals surface area contributed by atoms with Crippen molar-refractivity contribution < 1.29 is 27.5 Å². The molecule has 1 fully saturated rings. The first kappa shape index (κ1) is 22.3. The van der Waals surface area contributed by atoms with Gasteiger partial charge in [0.25, 0.3) is 0 Å². The molecule has 2 amide bonds. The largest absolute Gasteiger partial charge is 0.492 e. The summed E-state index contributed by atoms with van der Waals surface area (Å²) in [5, 5.41) is 6.48. The van der Waals surface area contributed by atoms with Gasteiger partial charge in [0.05, 0.1) is 35.2 Å². The second kappa shape index (κ2) is 8.93. The van der Waals surface area contributed by atoms with Crippen molar-refractivity contribution in [3.8, 4) is 11.4 Å². The van der Waals surface area contributed by atoms with Crippen molar-refractivity contribution in [3.63, 3.8) is 0 Å². The maximum Gasteiger partial charge on any atom is 0.416 e. The van der Waals surface area contributed by atoms with Crippen LogP contribution in [0.4, 0.5) is 24.5 Å². The number of carbonyl (C=O) groups is 2. The van der Waals surface area contributed by atoms with E-state index in [4.69, 9.17) is 4.74 Å². The summed E-state index contributed by atoms with van der Waals surface area (Å²) in [5.74, 6) is -1.09. The minimum absolute atomic E-state index is 0.0758. The first-order valence-electron chi connectivity index (χ1n) is 10.2. The third-order valence-corrected chi connectivity index (χ3v) is 5.20. The van der Waals surface area contributed by atoms with Gasteiger partial charge >= 0.3 is 6.18 Å². The normalized spacial score (nSPS) is 16.2. The predicted octanol–water partition coefficient (Wildman–Crippen LogP) is 3.68. The Balaban J connectivity index is 1.58. The molecule has 11 heteroatoms. The lowest BCUT2D eigenvalue weighted by molar-refractivity contribution is -0.137. The molecule has 0 saturated carbocycles. The number of nitrogens with one attached hydrogen (secondary N) is 1. The highest BCUT2D eigenvalue weighted by Crippen LogP contribution is 2.35. The third kappa shape index (κ3) is 4.66. The van der Waals surface area contributed by atoms with E-state index in [9.17, 15) is 22.8 Å². The highest BCUT2D eigenvalue weighted by molar-refractivity contribution is 6.04. The van der Waals surface area contributed by atoms with Gasteiger partial charge in [0, 0.05) is 13.0 Å². The van der Waals surface area contributed by atoms with E-state index in [0.29, 0.717) is 18.0 Å². The fourth-order valence-electron chi connectivity index (χ4n) is 3.65. The molecule has 172 valence electrons. The number of hydrogen-bond acceptors (Lipinski definition) is 5. The minimum atomic E-state index is -4.59. The number of halogens is 3.